The second kappa shape index (κ2) is 6.39. The van der Waals surface area contributed by atoms with Crippen LogP contribution < -0.4 is 5.32 Å². The summed E-state index contributed by atoms with van der Waals surface area (Å²) in [4.78, 5) is 4.50. The molecule has 0 saturated carbocycles. The highest BCUT2D eigenvalue weighted by molar-refractivity contribution is 5.20. The molecule has 4 heteroatoms. The predicted octanol–water partition coefficient (Wildman–Crippen LogP) is 3.64. The van der Waals surface area contributed by atoms with Crippen molar-refractivity contribution in [3.8, 4) is 0 Å². The van der Waals surface area contributed by atoms with Gasteiger partial charge in [0.2, 0.25) is 0 Å². The van der Waals surface area contributed by atoms with Crippen molar-refractivity contribution in [3.05, 3.63) is 53.9 Å². The van der Waals surface area contributed by atoms with E-state index >= 15 is 0 Å². The number of nitrogens with one attached hydrogen (secondary N) is 1. The molecule has 2 heterocycles. The van der Waals surface area contributed by atoms with Crippen LogP contribution in [-0.2, 0) is 6.54 Å². The van der Waals surface area contributed by atoms with Gasteiger partial charge in [0.15, 0.2) is 0 Å². The minimum Gasteiger partial charge on any atom is -0.335 e. The van der Waals surface area contributed by atoms with Crippen LogP contribution in [0.4, 0.5) is 4.39 Å². The normalized spacial score (nSPS) is 19.2. The van der Waals surface area contributed by atoms with Gasteiger partial charge in [-0.3, -0.25) is 0 Å². The molecule has 0 aliphatic carbocycles. The fourth-order valence-electron chi connectivity index (χ4n) is 3.18. The molecule has 1 aliphatic heterocycles. The molecule has 0 radical (unpaired) electrons. The molecule has 0 saturated heterocycles. The number of aryl methyl sites for hydroxylation is 1. The van der Waals surface area contributed by atoms with Gasteiger partial charge in [0.1, 0.15) is 11.6 Å². The Kier molecular flexibility index (Phi) is 4.34. The molecule has 2 aromatic rings. The third kappa shape index (κ3) is 3.16. The number of rotatable bonds is 5. The van der Waals surface area contributed by atoms with Gasteiger partial charge in [0.05, 0.1) is 0 Å². The smallest absolute Gasteiger partial charge is 0.123 e. The average molecular weight is 287 g/mol. The number of fused-ring (bicyclic) bond motifs is 1. The van der Waals surface area contributed by atoms with E-state index < -0.39 is 0 Å². The number of imidazole rings is 1. The van der Waals surface area contributed by atoms with Gasteiger partial charge in [-0.25, -0.2) is 9.37 Å². The molecule has 3 nitrogen and oxygen atoms in total. The van der Waals surface area contributed by atoms with Gasteiger partial charge in [-0.1, -0.05) is 19.1 Å². The van der Waals surface area contributed by atoms with E-state index in [0.29, 0.717) is 5.92 Å². The van der Waals surface area contributed by atoms with Crippen molar-refractivity contribution in [2.75, 3.05) is 6.54 Å². The van der Waals surface area contributed by atoms with Crippen molar-refractivity contribution in [3.63, 3.8) is 0 Å². The van der Waals surface area contributed by atoms with Crippen molar-refractivity contribution in [2.45, 2.75) is 44.7 Å². The van der Waals surface area contributed by atoms with Crippen molar-refractivity contribution in [1.82, 2.24) is 14.9 Å². The Balaban J connectivity index is 1.65. The van der Waals surface area contributed by atoms with Crippen molar-refractivity contribution in [2.24, 2.45) is 0 Å². The molecular weight excluding hydrogens is 265 g/mol. The first kappa shape index (κ1) is 14.3. The lowest BCUT2D eigenvalue weighted by atomic mass is 9.97. The zero-order valence-corrected chi connectivity index (χ0v) is 12.4. The van der Waals surface area contributed by atoms with E-state index in [9.17, 15) is 4.39 Å². The number of hydrogen-bond donors (Lipinski definition) is 1. The highest BCUT2D eigenvalue weighted by Crippen LogP contribution is 2.26. The number of aromatic nitrogens is 2. The maximum atomic E-state index is 13.0. The summed E-state index contributed by atoms with van der Waals surface area (Å²) in [5.41, 5.74) is 1.15. The van der Waals surface area contributed by atoms with E-state index in [0.717, 1.165) is 25.1 Å². The van der Waals surface area contributed by atoms with Crippen molar-refractivity contribution >= 4 is 0 Å². The summed E-state index contributed by atoms with van der Waals surface area (Å²) in [5.74, 6) is 1.49. The zero-order valence-electron chi connectivity index (χ0n) is 12.4. The first-order valence-corrected chi connectivity index (χ1v) is 7.77. The minimum absolute atomic E-state index is 0.178. The summed E-state index contributed by atoms with van der Waals surface area (Å²) >= 11 is 0. The molecule has 0 fully saturated rings. The van der Waals surface area contributed by atoms with Crippen LogP contribution in [0.5, 0.6) is 0 Å². The Bertz CT molecular complexity index is 576. The molecule has 112 valence electrons. The monoisotopic (exact) mass is 287 g/mol. The van der Waals surface area contributed by atoms with Gasteiger partial charge in [0.25, 0.3) is 0 Å². The highest BCUT2D eigenvalue weighted by Gasteiger charge is 2.22. The number of hydrogen-bond acceptors (Lipinski definition) is 2. The number of halogens is 1. The lowest BCUT2D eigenvalue weighted by molar-refractivity contribution is 0.398. The van der Waals surface area contributed by atoms with E-state index in [1.54, 1.807) is 0 Å². The SMILES string of the molecule is CC[C@@H](NC[C@@H]1CCCn2ccnc21)c1ccc(F)cc1. The molecule has 0 bridgehead atoms. The van der Waals surface area contributed by atoms with Crippen molar-refractivity contribution in [1.29, 1.82) is 0 Å². The van der Waals surface area contributed by atoms with Gasteiger partial charge in [0, 0.05) is 37.4 Å². The Labute approximate surface area is 125 Å². The Hall–Kier alpha value is -1.68. The predicted molar refractivity (Wildman–Crippen MR) is 81.6 cm³/mol. The summed E-state index contributed by atoms with van der Waals surface area (Å²) < 4.78 is 15.3. The van der Waals surface area contributed by atoms with Crippen LogP contribution in [0.2, 0.25) is 0 Å². The van der Waals surface area contributed by atoms with E-state index in [1.807, 2.05) is 18.3 Å². The standard InChI is InChI=1S/C17H22FN3/c1-2-16(13-5-7-15(18)8-6-13)20-12-14-4-3-10-21-11-9-19-17(14)21/h5-9,11,14,16,20H,2-4,10,12H2,1H3/t14-,16+/m0/s1. The van der Waals surface area contributed by atoms with Crippen LogP contribution in [0.3, 0.4) is 0 Å². The van der Waals surface area contributed by atoms with Crippen LogP contribution in [0.1, 0.15) is 49.5 Å². The summed E-state index contributed by atoms with van der Waals surface area (Å²) in [6.07, 6.45) is 7.35. The van der Waals surface area contributed by atoms with Crippen molar-refractivity contribution < 1.29 is 4.39 Å². The fourth-order valence-corrected chi connectivity index (χ4v) is 3.18. The van der Waals surface area contributed by atoms with Gasteiger partial charge in [-0.15, -0.1) is 0 Å². The molecule has 0 unspecified atom stereocenters. The second-order valence-electron chi connectivity index (χ2n) is 5.74. The molecule has 3 rings (SSSR count). The van der Waals surface area contributed by atoms with Crippen LogP contribution in [-0.4, -0.2) is 16.1 Å². The first-order valence-electron chi connectivity index (χ1n) is 7.77. The summed E-state index contributed by atoms with van der Waals surface area (Å²) in [5, 5.41) is 3.63. The van der Waals surface area contributed by atoms with E-state index in [2.05, 4.69) is 28.0 Å². The maximum Gasteiger partial charge on any atom is 0.123 e. The zero-order chi connectivity index (χ0) is 14.7. The van der Waals surface area contributed by atoms with E-state index in [1.165, 1.54) is 30.8 Å². The van der Waals surface area contributed by atoms with Gasteiger partial charge < -0.3 is 9.88 Å². The summed E-state index contributed by atoms with van der Waals surface area (Å²) in [6, 6.07) is 7.09. The highest BCUT2D eigenvalue weighted by atomic mass is 19.1. The average Bonchev–Trinajstić information content (AvgIpc) is 2.99. The number of benzene rings is 1. The van der Waals surface area contributed by atoms with Gasteiger partial charge >= 0.3 is 0 Å². The van der Waals surface area contributed by atoms with E-state index in [-0.39, 0.29) is 11.9 Å². The third-order valence-electron chi connectivity index (χ3n) is 4.36. The Morgan fingerprint density at radius 2 is 2.19 bits per heavy atom. The lowest BCUT2D eigenvalue weighted by Crippen LogP contribution is -2.29. The van der Waals surface area contributed by atoms with Crippen LogP contribution >= 0.6 is 0 Å². The first-order chi connectivity index (χ1) is 10.3. The quantitative estimate of drug-likeness (QED) is 0.910. The summed E-state index contributed by atoms with van der Waals surface area (Å²) in [7, 11) is 0. The fraction of sp³-hybridized carbons (Fsp3) is 0.471. The molecule has 21 heavy (non-hydrogen) atoms. The second-order valence-corrected chi connectivity index (χ2v) is 5.74. The maximum absolute atomic E-state index is 13.0. The van der Waals surface area contributed by atoms with Crippen LogP contribution in [0.25, 0.3) is 0 Å². The van der Waals surface area contributed by atoms with Crippen LogP contribution in [0, 0.1) is 5.82 Å². The van der Waals surface area contributed by atoms with Gasteiger partial charge in [-0.2, -0.15) is 0 Å². The summed E-state index contributed by atoms with van der Waals surface area (Å²) in [6.45, 7) is 4.16. The molecule has 1 aromatic carbocycles. The topological polar surface area (TPSA) is 29.9 Å². The molecule has 1 N–H and O–H groups in total. The largest absolute Gasteiger partial charge is 0.335 e. The third-order valence-corrected chi connectivity index (χ3v) is 4.36. The lowest BCUT2D eigenvalue weighted by Gasteiger charge is -2.26. The number of nitrogens with zero attached hydrogens (tertiary/aromatic N) is 2. The van der Waals surface area contributed by atoms with E-state index in [4.69, 9.17) is 0 Å². The Morgan fingerprint density at radius 3 is 2.95 bits per heavy atom. The Morgan fingerprint density at radius 1 is 1.38 bits per heavy atom. The molecule has 1 aliphatic rings. The molecule has 0 amide bonds. The van der Waals surface area contributed by atoms with Gasteiger partial charge in [-0.05, 0) is 37.0 Å². The van der Waals surface area contributed by atoms with Crippen LogP contribution in [0.15, 0.2) is 36.7 Å². The molecule has 2 atom stereocenters. The minimum atomic E-state index is -0.178. The molecule has 0 spiro atoms. The molecular formula is C17H22FN3. The molecule has 1 aromatic heterocycles.